The van der Waals surface area contributed by atoms with Gasteiger partial charge in [-0.15, -0.1) is 0 Å². The van der Waals surface area contributed by atoms with E-state index in [-0.39, 0.29) is 482 Å². The van der Waals surface area contributed by atoms with Crippen molar-refractivity contribution in [3.63, 3.8) is 0 Å². The zero-order chi connectivity index (χ0) is 13.9. The van der Waals surface area contributed by atoms with Crippen LogP contribution in [-0.2, 0) is 19.2 Å². The third-order valence-corrected chi connectivity index (χ3v) is 0.333. The number of hydrogen-bond acceptors (Lipinski definition) is 11. The summed E-state index contributed by atoms with van der Waals surface area (Å²) in [5, 5.41) is 61.0. The Bertz CT molecular complexity index is 226. The molecule has 0 saturated heterocycles. The van der Waals surface area contributed by atoms with Crippen molar-refractivity contribution in [2.75, 3.05) is 0 Å². The van der Waals surface area contributed by atoms with Crippen LogP contribution in [0, 0.1) is 0 Å². The second-order valence-corrected chi connectivity index (χ2v) is 1.44. The van der Waals surface area contributed by atoms with Crippen LogP contribution in [0.4, 0.5) is 0 Å². The largest absolute Gasteiger partial charge is 1.00 e. The molecule has 19 heteroatoms. The molecule has 0 N–H and O–H groups in total. The van der Waals surface area contributed by atoms with E-state index in [4.69, 9.17) is 54.7 Å². The number of hydrogen-bond donors (Lipinski definition) is 0. The fourth-order valence-electron chi connectivity index (χ4n) is 0. The molecule has 23 heavy (non-hydrogen) atoms. The molecule has 0 aromatic heterocycles. The van der Waals surface area contributed by atoms with E-state index in [1.165, 1.54) is 0 Å². The van der Waals surface area contributed by atoms with Crippen molar-refractivity contribution < 1.29 is 537 Å². The van der Waals surface area contributed by atoms with Crippen LogP contribution in [0.3, 0.4) is 0 Å². The molecule has 0 fully saturated rings. The molecule has 0 unspecified atom stereocenters. The van der Waals surface area contributed by atoms with Crippen molar-refractivity contribution in [1.29, 1.82) is 0 Å². The Morgan fingerprint density at radius 1 is 0.435 bits per heavy atom. The van der Waals surface area contributed by atoms with Crippen LogP contribution in [0.15, 0.2) is 0 Å². The minimum absolute atomic E-state index is 0. The molecule has 0 bridgehead atoms. The Hall–Kier alpha value is 12.2. The van der Waals surface area contributed by atoms with Gasteiger partial charge in [0.05, 0.1) is 23.9 Å². The summed E-state index contributed by atoms with van der Waals surface area (Å²) in [5.41, 5.74) is 0. The molecule has 0 saturated carbocycles. The van der Waals surface area contributed by atoms with Crippen LogP contribution in [-0.4, -0.2) is 31.2 Å². The topological polar surface area (TPSA) is 230 Å². The maximum atomic E-state index is 8.93. The quantitative estimate of drug-likeness (QED) is 0.164. The fraction of sp³-hybridized carbons (Fsp3) is 0. The number of carbonyl (C=O) groups is 4. The molecule has 11 nitrogen and oxygen atoms in total. The van der Waals surface area contributed by atoms with Gasteiger partial charge in [0.25, 0.3) is 0 Å². The van der Waals surface area contributed by atoms with Crippen LogP contribution >= 0.6 is 0 Å². The molecule has 0 aromatic carbocycles. The van der Waals surface area contributed by atoms with E-state index < -0.39 is 31.2 Å². The standard InChI is InChI=1S/2C2H2O4.BO3.7Cs/c2*3-1(4)2(5)6;2-1(3)4;;;;;;;/h2*(H,3,4)(H,5,6);;;;;;;;/q;;-3;7*+1/p-4. The molecule has 0 radical (unpaired) electrons. The number of rotatable bonds is 0. The van der Waals surface area contributed by atoms with Gasteiger partial charge in [-0.3, -0.25) is 7.32 Å². The average Bonchev–Trinajstić information content (AvgIpc) is 2.03. The second kappa shape index (κ2) is 50.9. The van der Waals surface area contributed by atoms with E-state index in [0.29, 0.717) is 0 Å². The first-order chi connectivity index (χ1) is 7.02. The molecule has 0 aromatic rings. The molecule has 92 valence electrons. The van der Waals surface area contributed by atoms with Crippen LogP contribution < -0.4 is 518 Å². The van der Waals surface area contributed by atoms with Crippen LogP contribution in [0.25, 0.3) is 0 Å². The maximum Gasteiger partial charge on any atom is 1.00 e. The number of carboxylic acid groups (broad SMARTS) is 4. The van der Waals surface area contributed by atoms with Crippen molar-refractivity contribution in [3.05, 3.63) is 0 Å². The third-order valence-electron chi connectivity index (χ3n) is 0.333. The minimum Gasteiger partial charge on any atom is -0.907 e. The van der Waals surface area contributed by atoms with E-state index in [9.17, 15) is 0 Å². The first kappa shape index (κ1) is 64.8. The van der Waals surface area contributed by atoms with Crippen LogP contribution in [0.1, 0.15) is 0 Å². The molecule has 0 aliphatic heterocycles. The Balaban J connectivity index is -0.0000000121. The zero-order valence-electron chi connectivity index (χ0n) is 14.1. The van der Waals surface area contributed by atoms with Gasteiger partial charge < -0.3 is 54.7 Å². The van der Waals surface area contributed by atoms with Gasteiger partial charge in [-0.2, -0.15) is 0 Å². The first-order valence-corrected chi connectivity index (χ1v) is 2.84. The van der Waals surface area contributed by atoms with Gasteiger partial charge >= 0.3 is 482 Å². The van der Waals surface area contributed by atoms with E-state index >= 15 is 0 Å². The predicted octanol–water partition coefficient (Wildman–Crippen LogP) is -31.9. The monoisotopic (exact) mass is 1170 g/mol. The number of carbonyl (C=O) groups excluding carboxylic acids is 4. The van der Waals surface area contributed by atoms with Crippen molar-refractivity contribution in [3.8, 4) is 0 Å². The number of aliphatic carboxylic acids is 4. The summed E-state index contributed by atoms with van der Waals surface area (Å²) in [6.07, 6.45) is 0. The Morgan fingerprint density at radius 3 is 0.478 bits per heavy atom. The van der Waals surface area contributed by atoms with E-state index in [1.54, 1.807) is 0 Å². The Morgan fingerprint density at radius 2 is 0.478 bits per heavy atom. The van der Waals surface area contributed by atoms with Gasteiger partial charge in [0, 0.05) is 0 Å². The van der Waals surface area contributed by atoms with E-state index in [1.807, 2.05) is 0 Å². The van der Waals surface area contributed by atoms with Crippen LogP contribution in [0.5, 0.6) is 0 Å². The van der Waals surface area contributed by atoms with Crippen molar-refractivity contribution in [2.24, 2.45) is 0 Å². The molecule has 0 heterocycles. The summed E-state index contributed by atoms with van der Waals surface area (Å²) in [6, 6.07) is 0. The van der Waals surface area contributed by atoms with Gasteiger partial charge in [0.2, 0.25) is 0 Å². The Kier molecular flexibility index (Phi) is 144. The van der Waals surface area contributed by atoms with Gasteiger partial charge in [0.15, 0.2) is 0 Å². The van der Waals surface area contributed by atoms with E-state index in [2.05, 4.69) is 0 Å². The van der Waals surface area contributed by atoms with Gasteiger partial charge in [-0.05, 0) is 0 Å². The molecule has 0 atom stereocenters. The molecular formula is C4BCs7O11. The van der Waals surface area contributed by atoms with Crippen LogP contribution in [0.2, 0.25) is 0 Å². The molecule has 0 spiro atoms. The van der Waals surface area contributed by atoms with E-state index in [0.717, 1.165) is 0 Å². The summed E-state index contributed by atoms with van der Waals surface area (Å²) < 4.78 is 0. The van der Waals surface area contributed by atoms with Crippen molar-refractivity contribution in [1.82, 2.24) is 0 Å². The maximum absolute atomic E-state index is 8.93. The predicted molar refractivity (Wildman–Crippen MR) is 25.8 cm³/mol. The SMILES string of the molecule is O=C([O-])C(=O)[O-].O=C([O-])C(=O)[O-].[Cs+].[Cs+].[Cs+].[Cs+].[Cs+].[Cs+].[Cs+].[O-]B([O-])[O-]. The average molecular weight is 1170 g/mol. The smallest absolute Gasteiger partial charge is 0.907 e. The molecular weight excluding hydrogens is 1170 g/mol. The summed E-state index contributed by atoms with van der Waals surface area (Å²) in [6.45, 7) is 0. The zero-order valence-corrected chi connectivity index (χ0v) is 58.0. The molecule has 0 aliphatic carbocycles. The van der Waals surface area contributed by atoms with Crippen molar-refractivity contribution >= 4 is 31.2 Å². The molecule has 0 aliphatic rings. The Labute approximate surface area is 544 Å². The third kappa shape index (κ3) is 86.9. The molecule has 0 rings (SSSR count). The summed E-state index contributed by atoms with van der Waals surface area (Å²) in [7, 11) is -2.92. The summed E-state index contributed by atoms with van der Waals surface area (Å²) in [4.78, 5) is 35.7. The number of carboxylic acids is 4. The van der Waals surface area contributed by atoms with Crippen molar-refractivity contribution in [2.45, 2.75) is 0 Å². The van der Waals surface area contributed by atoms with Gasteiger partial charge in [-0.25, -0.2) is 0 Å². The normalized spacial score (nSPS) is 5.00. The molecule has 0 amide bonds. The fourth-order valence-corrected chi connectivity index (χ4v) is 0. The summed E-state index contributed by atoms with van der Waals surface area (Å²) in [5.74, 6) is -8.74. The second-order valence-electron chi connectivity index (χ2n) is 1.44. The van der Waals surface area contributed by atoms with Gasteiger partial charge in [-0.1, -0.05) is 0 Å². The first-order valence-electron chi connectivity index (χ1n) is 2.84. The van der Waals surface area contributed by atoms with Gasteiger partial charge in [0.1, 0.15) is 0 Å². The summed E-state index contributed by atoms with van der Waals surface area (Å²) >= 11 is 0. The minimum atomic E-state index is -2.92.